The fourth-order valence-corrected chi connectivity index (χ4v) is 4.86. The third kappa shape index (κ3) is 2.72. The van der Waals surface area contributed by atoms with E-state index in [1.165, 1.54) is 4.90 Å². The summed E-state index contributed by atoms with van der Waals surface area (Å²) in [4.78, 5) is 27.8. The van der Waals surface area contributed by atoms with E-state index in [1.807, 2.05) is 42.5 Å². The van der Waals surface area contributed by atoms with Gasteiger partial charge in [0.1, 0.15) is 0 Å². The number of anilines is 1. The maximum atomic E-state index is 13.4. The molecule has 8 heteroatoms. The van der Waals surface area contributed by atoms with Crippen LogP contribution in [-0.4, -0.2) is 43.0 Å². The van der Waals surface area contributed by atoms with Gasteiger partial charge in [0.15, 0.2) is 11.9 Å². The molecule has 2 aromatic rings. The summed E-state index contributed by atoms with van der Waals surface area (Å²) in [7, 11) is 0. The SMILES string of the molecule is O=C1[C@@H]2[C@H]3C=C[C@@](C4OCCO4)(O3)[C@H]2C(=O)N1c1ccc(N=Nc2ccccc2)cc1. The molecule has 6 rings (SSSR count). The maximum absolute atomic E-state index is 13.4. The van der Waals surface area contributed by atoms with Crippen molar-refractivity contribution in [3.05, 3.63) is 66.7 Å². The summed E-state index contributed by atoms with van der Waals surface area (Å²) < 4.78 is 17.4. The Labute approximate surface area is 178 Å². The Morgan fingerprint density at radius 1 is 0.871 bits per heavy atom. The Balaban J connectivity index is 1.26. The Morgan fingerprint density at radius 3 is 2.26 bits per heavy atom. The first-order valence-electron chi connectivity index (χ1n) is 10.2. The molecule has 8 nitrogen and oxygen atoms in total. The van der Waals surface area contributed by atoms with E-state index in [0.717, 1.165) is 5.69 Å². The first-order valence-corrected chi connectivity index (χ1v) is 10.2. The Bertz CT molecular complexity index is 1090. The highest BCUT2D eigenvalue weighted by Crippen LogP contribution is 2.55. The molecule has 0 radical (unpaired) electrons. The molecule has 0 spiro atoms. The first-order chi connectivity index (χ1) is 15.2. The number of amides is 2. The van der Waals surface area contributed by atoms with Crippen molar-refractivity contribution in [2.75, 3.05) is 18.1 Å². The van der Waals surface area contributed by atoms with Crippen LogP contribution in [-0.2, 0) is 23.8 Å². The molecule has 0 saturated carbocycles. The van der Waals surface area contributed by atoms with Crippen molar-refractivity contribution >= 4 is 28.9 Å². The number of nitrogens with zero attached hydrogens (tertiary/aromatic N) is 3. The highest BCUT2D eigenvalue weighted by Gasteiger charge is 2.71. The molecule has 4 atom stereocenters. The second-order valence-corrected chi connectivity index (χ2v) is 7.94. The number of rotatable bonds is 4. The molecule has 0 N–H and O–H groups in total. The van der Waals surface area contributed by atoms with Crippen molar-refractivity contribution in [2.45, 2.75) is 18.0 Å². The fourth-order valence-electron chi connectivity index (χ4n) is 4.86. The Morgan fingerprint density at radius 2 is 1.55 bits per heavy atom. The summed E-state index contributed by atoms with van der Waals surface area (Å²) in [5, 5.41) is 8.40. The average molecular weight is 417 g/mol. The lowest BCUT2D eigenvalue weighted by atomic mass is 9.76. The molecule has 4 aliphatic heterocycles. The van der Waals surface area contributed by atoms with Crippen LogP contribution in [0.15, 0.2) is 77.0 Å². The number of carbonyl (C=O) groups is 2. The van der Waals surface area contributed by atoms with Gasteiger partial charge >= 0.3 is 0 Å². The third-order valence-electron chi connectivity index (χ3n) is 6.21. The molecule has 31 heavy (non-hydrogen) atoms. The summed E-state index contributed by atoms with van der Waals surface area (Å²) in [5.41, 5.74) is 0.831. The van der Waals surface area contributed by atoms with Crippen LogP contribution in [0.4, 0.5) is 17.1 Å². The zero-order valence-electron chi connectivity index (χ0n) is 16.5. The lowest BCUT2D eigenvalue weighted by molar-refractivity contribution is -0.180. The zero-order chi connectivity index (χ0) is 21.0. The van der Waals surface area contributed by atoms with Gasteiger partial charge in [0.2, 0.25) is 11.8 Å². The number of hydrogen-bond acceptors (Lipinski definition) is 7. The number of benzene rings is 2. The standard InChI is InChI=1S/C23H19N3O5/c27-20-18-17-10-11-23(31-17,22-29-12-13-30-22)19(18)21(28)26(20)16-8-6-15(7-9-16)25-24-14-4-2-1-3-5-14/h1-11,17-19,22H,12-13H2/t17-,18-,19-,23-/m1/s1. The Kier molecular flexibility index (Phi) is 4.14. The molecular formula is C23H19N3O5. The van der Waals surface area contributed by atoms with Gasteiger partial charge in [0.25, 0.3) is 0 Å². The smallest absolute Gasteiger partial charge is 0.241 e. The van der Waals surface area contributed by atoms with E-state index in [1.54, 1.807) is 24.3 Å². The molecule has 2 aromatic carbocycles. The summed E-state index contributed by atoms with van der Waals surface area (Å²) in [5.74, 6) is -1.78. The number of fused-ring (bicyclic) bond motifs is 5. The Hall–Kier alpha value is -3.20. The predicted molar refractivity (Wildman–Crippen MR) is 109 cm³/mol. The van der Waals surface area contributed by atoms with Gasteiger partial charge in [-0.05, 0) is 42.5 Å². The lowest BCUT2D eigenvalue weighted by Crippen LogP contribution is -2.49. The van der Waals surface area contributed by atoms with Crippen molar-refractivity contribution in [3.63, 3.8) is 0 Å². The van der Waals surface area contributed by atoms with Crippen molar-refractivity contribution in [2.24, 2.45) is 22.1 Å². The molecular weight excluding hydrogens is 398 g/mol. The van der Waals surface area contributed by atoms with Gasteiger partial charge in [0.05, 0.1) is 48.2 Å². The van der Waals surface area contributed by atoms with Crippen LogP contribution in [0.3, 0.4) is 0 Å². The summed E-state index contributed by atoms with van der Waals surface area (Å²) in [6.45, 7) is 0.882. The van der Waals surface area contributed by atoms with Crippen molar-refractivity contribution in [1.29, 1.82) is 0 Å². The normalized spacial score (nSPS) is 32.0. The molecule has 2 bridgehead atoms. The molecule has 0 aromatic heterocycles. The second kappa shape index (κ2) is 6.91. The number of imide groups is 1. The zero-order valence-corrected chi connectivity index (χ0v) is 16.5. The van der Waals surface area contributed by atoms with Gasteiger partial charge in [-0.1, -0.05) is 24.3 Å². The van der Waals surface area contributed by atoms with E-state index < -0.39 is 29.8 Å². The van der Waals surface area contributed by atoms with Crippen LogP contribution in [0.1, 0.15) is 0 Å². The van der Waals surface area contributed by atoms with Gasteiger partial charge in [-0.3, -0.25) is 9.59 Å². The molecule has 0 unspecified atom stereocenters. The van der Waals surface area contributed by atoms with Gasteiger partial charge in [-0.2, -0.15) is 10.2 Å². The van der Waals surface area contributed by atoms with E-state index >= 15 is 0 Å². The van der Waals surface area contributed by atoms with Gasteiger partial charge in [-0.25, -0.2) is 4.90 Å². The van der Waals surface area contributed by atoms with Gasteiger partial charge in [-0.15, -0.1) is 0 Å². The minimum Gasteiger partial charge on any atom is -0.357 e. The highest BCUT2D eigenvalue weighted by molar-refractivity contribution is 6.23. The van der Waals surface area contributed by atoms with Crippen molar-refractivity contribution in [1.82, 2.24) is 0 Å². The van der Waals surface area contributed by atoms with Crippen LogP contribution in [0.25, 0.3) is 0 Å². The minimum atomic E-state index is -1.04. The van der Waals surface area contributed by atoms with E-state index in [9.17, 15) is 9.59 Å². The van der Waals surface area contributed by atoms with E-state index in [-0.39, 0.29) is 11.8 Å². The summed E-state index contributed by atoms with van der Waals surface area (Å²) in [6.07, 6.45) is 2.55. The molecule has 4 aliphatic rings. The highest BCUT2D eigenvalue weighted by atomic mass is 16.7. The van der Waals surface area contributed by atoms with E-state index in [2.05, 4.69) is 10.2 Å². The van der Waals surface area contributed by atoms with Crippen LogP contribution in [0.5, 0.6) is 0 Å². The summed E-state index contributed by atoms with van der Waals surface area (Å²) >= 11 is 0. The van der Waals surface area contributed by atoms with Gasteiger partial charge in [0, 0.05) is 0 Å². The fraction of sp³-hybridized carbons (Fsp3) is 0.304. The molecule has 3 fully saturated rings. The lowest BCUT2D eigenvalue weighted by Gasteiger charge is -2.32. The largest absolute Gasteiger partial charge is 0.357 e. The number of hydrogen-bond donors (Lipinski definition) is 0. The number of carbonyl (C=O) groups excluding carboxylic acids is 2. The van der Waals surface area contributed by atoms with Crippen LogP contribution in [0.2, 0.25) is 0 Å². The first kappa shape index (κ1) is 18.6. The monoisotopic (exact) mass is 417 g/mol. The summed E-state index contributed by atoms with van der Waals surface area (Å²) in [6, 6.07) is 16.3. The minimum absolute atomic E-state index is 0.261. The molecule has 0 aliphatic carbocycles. The quantitative estimate of drug-likeness (QED) is 0.433. The second-order valence-electron chi connectivity index (χ2n) is 7.94. The van der Waals surface area contributed by atoms with Crippen LogP contribution < -0.4 is 4.90 Å². The number of azo groups is 1. The molecule has 2 amide bonds. The van der Waals surface area contributed by atoms with Gasteiger partial charge < -0.3 is 14.2 Å². The number of ether oxygens (including phenoxy) is 3. The van der Waals surface area contributed by atoms with Crippen molar-refractivity contribution < 1.29 is 23.8 Å². The predicted octanol–water partition coefficient (Wildman–Crippen LogP) is 3.29. The molecule has 4 heterocycles. The average Bonchev–Trinajstić information content (AvgIpc) is 3.58. The van der Waals surface area contributed by atoms with Crippen molar-refractivity contribution in [3.8, 4) is 0 Å². The topological polar surface area (TPSA) is 89.8 Å². The van der Waals surface area contributed by atoms with Crippen LogP contribution in [0, 0.1) is 11.8 Å². The van der Waals surface area contributed by atoms with E-state index in [4.69, 9.17) is 14.2 Å². The van der Waals surface area contributed by atoms with Crippen LogP contribution >= 0.6 is 0 Å². The molecule has 156 valence electrons. The third-order valence-corrected chi connectivity index (χ3v) is 6.21. The van der Waals surface area contributed by atoms with E-state index in [0.29, 0.717) is 24.6 Å². The molecule has 3 saturated heterocycles. The maximum Gasteiger partial charge on any atom is 0.241 e.